The third-order valence-electron chi connectivity index (χ3n) is 0. The van der Waals surface area contributed by atoms with Crippen LogP contribution in [-0.2, 0) is 20.1 Å². The Balaban J connectivity index is -0.0000000575. The van der Waals surface area contributed by atoms with Gasteiger partial charge in [-0.2, -0.15) is 0 Å². The maximum absolute atomic E-state index is 9.56. The molecule has 0 aliphatic heterocycles. The van der Waals surface area contributed by atoms with Crippen molar-refractivity contribution in [1.29, 1.82) is 0 Å². The third kappa shape index (κ3) is 1440. The maximum atomic E-state index is 9.56. The van der Waals surface area contributed by atoms with Gasteiger partial charge < -0.3 is 5.11 Å². The fourth-order valence-corrected chi connectivity index (χ4v) is 0. The van der Waals surface area contributed by atoms with Crippen LogP contribution < -0.4 is 0 Å². The van der Waals surface area contributed by atoms with Crippen LogP contribution in [-0.4, -0.2) is 28.4 Å². The number of carboxylic acids is 1. The molecule has 0 unspecified atom stereocenters. The van der Waals surface area contributed by atoms with E-state index in [2.05, 4.69) is 0 Å². The summed E-state index contributed by atoms with van der Waals surface area (Å²) in [5.41, 5.74) is 0. The van der Waals surface area contributed by atoms with Gasteiger partial charge in [0.15, 0.2) is 17.4 Å². The second-order valence-electron chi connectivity index (χ2n) is 0.564. The summed E-state index contributed by atoms with van der Waals surface area (Å²) < 4.78 is 19.1. The van der Waals surface area contributed by atoms with Gasteiger partial charge in [-0.25, -0.2) is 0 Å². The molecule has 0 heterocycles. The van der Waals surface area contributed by atoms with E-state index in [0.717, 1.165) is 6.92 Å². The Kier molecular flexibility index (Phi) is 30.9. The number of hydrogen-bond donors (Lipinski definition) is 1. The van der Waals surface area contributed by atoms with Crippen molar-refractivity contribution in [2.75, 3.05) is 0 Å². The van der Waals surface area contributed by atoms with Gasteiger partial charge in [0.1, 0.15) is 0 Å². The molecular formula is C2H7AlF2NiO2. The molecule has 0 aromatic carbocycles. The van der Waals surface area contributed by atoms with Crippen LogP contribution in [0.2, 0.25) is 0 Å². The molecular weight excluding hydrogens is 180 g/mol. The molecule has 6 heteroatoms. The van der Waals surface area contributed by atoms with Gasteiger partial charge in [0.2, 0.25) is 0 Å². The monoisotopic (exact) mass is 186 g/mol. The average Bonchev–Trinajstić information content (AvgIpc) is 1.33. The Hall–Kier alpha value is 0.356. The van der Waals surface area contributed by atoms with Crippen LogP contribution in [0.5, 0.6) is 0 Å². The average molecular weight is 187 g/mol. The number of rotatable bonds is 0. The number of halogens is 2. The van der Waals surface area contributed by atoms with Crippen LogP contribution in [0.25, 0.3) is 0 Å². The summed E-state index contributed by atoms with van der Waals surface area (Å²) in [5.74, 6) is -0.833. The first-order chi connectivity index (χ1) is 3.15. The Morgan fingerprint density at radius 1 is 1.62 bits per heavy atom. The predicted molar refractivity (Wildman–Crippen MR) is 25.5 cm³/mol. The number of hydrogen-bond acceptors (Lipinski definition) is 1. The van der Waals surface area contributed by atoms with Crippen molar-refractivity contribution in [1.82, 2.24) is 0 Å². The summed E-state index contributed by atoms with van der Waals surface area (Å²) >= 11 is -1.38. The van der Waals surface area contributed by atoms with E-state index in [1.165, 1.54) is 0 Å². The molecule has 0 aliphatic rings. The molecule has 0 atom stereocenters. The van der Waals surface area contributed by atoms with E-state index < -0.39 is 21.3 Å². The Morgan fingerprint density at radius 2 is 1.62 bits per heavy atom. The molecule has 8 heavy (non-hydrogen) atoms. The SMILES string of the molecule is CC(=O)O.[AlH3].[F][Ni][F]. The quantitative estimate of drug-likeness (QED) is 0.530. The topological polar surface area (TPSA) is 37.3 Å². The molecule has 2 nitrogen and oxygen atoms in total. The van der Waals surface area contributed by atoms with E-state index in [0.29, 0.717) is 0 Å². The van der Waals surface area contributed by atoms with Gasteiger partial charge in [0.25, 0.3) is 5.97 Å². The van der Waals surface area contributed by atoms with Gasteiger partial charge >= 0.3 is 22.5 Å². The standard InChI is InChI=1S/C2H4O2.Al.2FH.Ni.3H/c1-2(3)4;;;;;;;/h1H3,(H,3,4);;2*1H;;;;/q;;;;+2;;;/p-2. The number of carbonyl (C=O) groups is 1. The summed E-state index contributed by atoms with van der Waals surface area (Å²) in [4.78, 5) is 9.00. The molecule has 0 rings (SSSR count). The molecule has 0 saturated heterocycles. The van der Waals surface area contributed by atoms with Crippen molar-refractivity contribution >= 4 is 23.3 Å². The van der Waals surface area contributed by atoms with Crippen molar-refractivity contribution in [3.05, 3.63) is 0 Å². The van der Waals surface area contributed by atoms with E-state index in [1.807, 2.05) is 0 Å². The molecule has 0 aliphatic carbocycles. The fourth-order valence-electron chi connectivity index (χ4n) is 0. The van der Waals surface area contributed by atoms with Crippen LogP contribution in [0, 0.1) is 0 Å². The minimum absolute atomic E-state index is 0. The first kappa shape index (κ1) is 15.8. The van der Waals surface area contributed by atoms with Gasteiger partial charge in [-0.05, 0) is 0 Å². The molecule has 54 valence electrons. The predicted octanol–water partition coefficient (Wildman–Crippen LogP) is -0.255. The fraction of sp³-hybridized carbons (Fsp3) is 0.500. The zero-order valence-corrected chi connectivity index (χ0v) is 4.42. The third-order valence-corrected chi connectivity index (χ3v) is 0. The molecule has 0 saturated carbocycles. The Morgan fingerprint density at radius 3 is 1.62 bits per heavy atom. The zero-order chi connectivity index (χ0) is 6.28. The van der Waals surface area contributed by atoms with E-state index in [-0.39, 0.29) is 17.4 Å². The van der Waals surface area contributed by atoms with Gasteiger partial charge in [-0.15, -0.1) is 0 Å². The normalized spacial score (nSPS) is 5.88. The summed E-state index contributed by atoms with van der Waals surface area (Å²) in [7, 11) is 0. The second-order valence-corrected chi connectivity index (χ2v) is 0.705. The molecule has 0 aromatic rings. The summed E-state index contributed by atoms with van der Waals surface area (Å²) in [6.07, 6.45) is 0. The number of carboxylic acid groups (broad SMARTS) is 1. The van der Waals surface area contributed by atoms with Gasteiger partial charge in [0.05, 0.1) is 0 Å². The van der Waals surface area contributed by atoms with E-state index in [9.17, 15) is 7.21 Å². The number of aliphatic carboxylic acids is 1. The summed E-state index contributed by atoms with van der Waals surface area (Å²) in [6, 6.07) is 0. The van der Waals surface area contributed by atoms with Crippen LogP contribution in [0.3, 0.4) is 0 Å². The molecule has 0 amide bonds. The van der Waals surface area contributed by atoms with Crippen molar-refractivity contribution in [3.63, 3.8) is 0 Å². The van der Waals surface area contributed by atoms with Crippen molar-refractivity contribution in [3.8, 4) is 0 Å². The Labute approximate surface area is 63.1 Å². The van der Waals surface area contributed by atoms with Crippen LogP contribution >= 0.6 is 0 Å². The minimum atomic E-state index is -1.38. The molecule has 0 bridgehead atoms. The van der Waals surface area contributed by atoms with Crippen LogP contribution in [0.15, 0.2) is 0 Å². The molecule has 0 radical (unpaired) electrons. The van der Waals surface area contributed by atoms with Crippen LogP contribution in [0.1, 0.15) is 6.92 Å². The molecule has 0 fully saturated rings. The van der Waals surface area contributed by atoms with Gasteiger partial charge in [0, 0.05) is 6.92 Å². The van der Waals surface area contributed by atoms with Crippen molar-refractivity contribution < 1.29 is 32.4 Å². The second kappa shape index (κ2) is 15.7. The van der Waals surface area contributed by atoms with Gasteiger partial charge in [-0.1, -0.05) is 0 Å². The first-order valence-corrected chi connectivity index (χ1v) is 1.91. The molecule has 0 aromatic heterocycles. The van der Waals surface area contributed by atoms with Gasteiger partial charge in [-0.3, -0.25) is 4.79 Å². The van der Waals surface area contributed by atoms with E-state index in [4.69, 9.17) is 9.90 Å². The van der Waals surface area contributed by atoms with E-state index in [1.54, 1.807) is 0 Å². The summed E-state index contributed by atoms with van der Waals surface area (Å²) in [5, 5.41) is 7.42. The van der Waals surface area contributed by atoms with Crippen molar-refractivity contribution in [2.24, 2.45) is 0 Å². The molecule has 1 N–H and O–H groups in total. The summed E-state index contributed by atoms with van der Waals surface area (Å²) in [6.45, 7) is 1.08. The molecule has 0 spiro atoms. The first-order valence-electron chi connectivity index (χ1n) is 1.17. The van der Waals surface area contributed by atoms with E-state index >= 15 is 0 Å². The van der Waals surface area contributed by atoms with Crippen molar-refractivity contribution in [2.45, 2.75) is 6.92 Å². The zero-order valence-electron chi connectivity index (χ0n) is 3.43. The Bertz CT molecular complexity index is 49.3. The van der Waals surface area contributed by atoms with Crippen LogP contribution in [0.4, 0.5) is 7.21 Å².